The molecule has 0 radical (unpaired) electrons. The number of amides is 3. The van der Waals surface area contributed by atoms with E-state index in [-0.39, 0.29) is 53.6 Å². The maximum Gasteiger partial charge on any atom is 0.435 e. The van der Waals surface area contributed by atoms with Gasteiger partial charge in [-0.25, -0.2) is 14.1 Å². The molecule has 4 atom stereocenters. The molecule has 5 rings (SSSR count). The van der Waals surface area contributed by atoms with Crippen LogP contribution < -0.4 is 17.2 Å². The maximum atomic E-state index is 14.1. The van der Waals surface area contributed by atoms with Gasteiger partial charge in [-0.3, -0.25) is 4.79 Å². The van der Waals surface area contributed by atoms with E-state index in [4.69, 9.17) is 21.9 Å². The van der Waals surface area contributed by atoms with Crippen LogP contribution in [0.15, 0.2) is 59.6 Å². The summed E-state index contributed by atoms with van der Waals surface area (Å²) in [5.74, 6) is 0.137. The van der Waals surface area contributed by atoms with Crippen LogP contribution in [0.2, 0.25) is 0 Å². The molecule has 2 aromatic carbocycles. The zero-order chi connectivity index (χ0) is 28.3. The van der Waals surface area contributed by atoms with Crippen LogP contribution in [0.5, 0.6) is 0 Å². The summed E-state index contributed by atoms with van der Waals surface area (Å²) in [6, 6.07) is 15.9. The average molecular weight is 620 g/mol. The van der Waals surface area contributed by atoms with Crippen molar-refractivity contribution < 1.29 is 23.6 Å². The third kappa shape index (κ3) is 6.64. The highest BCUT2D eigenvalue weighted by molar-refractivity contribution is 6.02. The van der Waals surface area contributed by atoms with Gasteiger partial charge in [0.2, 0.25) is 0 Å². The lowest BCUT2D eigenvalue weighted by molar-refractivity contribution is -0.885. The molecule has 6 N–H and O–H groups in total. The van der Waals surface area contributed by atoms with Crippen LogP contribution in [0.4, 0.5) is 4.79 Å². The van der Waals surface area contributed by atoms with E-state index >= 15 is 0 Å². The van der Waals surface area contributed by atoms with Crippen molar-refractivity contribution in [2.75, 3.05) is 6.54 Å². The minimum atomic E-state index is -0.872. The first-order valence-corrected chi connectivity index (χ1v) is 14.4. The van der Waals surface area contributed by atoms with E-state index in [1.807, 2.05) is 42.5 Å². The summed E-state index contributed by atoms with van der Waals surface area (Å²) < 4.78 is 5.19. The van der Waals surface area contributed by atoms with E-state index in [0.717, 1.165) is 30.4 Å². The fourth-order valence-corrected chi connectivity index (χ4v) is 7.08. The molecule has 228 valence electrons. The number of fused-ring (bicyclic) bond motifs is 1. The monoisotopic (exact) mass is 618 g/mol. The molecule has 11 heteroatoms. The Bertz CT molecular complexity index is 1290. The Hall–Kier alpha value is -2.98. The maximum absolute atomic E-state index is 14.1. The van der Waals surface area contributed by atoms with E-state index in [0.29, 0.717) is 37.4 Å². The molecule has 2 aromatic rings. The largest absolute Gasteiger partial charge is 0.443 e. The van der Waals surface area contributed by atoms with Crippen molar-refractivity contribution in [3.8, 4) is 0 Å². The number of likely N-dealkylation sites (tertiary alicyclic amines) is 1. The van der Waals surface area contributed by atoms with E-state index in [2.05, 4.69) is 4.99 Å². The second kappa shape index (κ2) is 14.0. The van der Waals surface area contributed by atoms with Crippen molar-refractivity contribution in [2.24, 2.45) is 34.0 Å². The molecule has 42 heavy (non-hydrogen) atoms. The lowest BCUT2D eigenvalue weighted by atomic mass is 9.84. The first-order valence-electron chi connectivity index (χ1n) is 14.4. The standard InChI is InChI=1S/C31H39N5O4.2ClH/c32-26(17-21-7-3-1-4-8-21)28(37)36(16-15-25-18-31(25,36)29(34)38)19-22-11-13-24(14-12-22)27(33)35-30(39)40-20-23-9-5-2-6-10-23;;/h2,5-6,9-14,21,25-26H,1,3-4,7-8,15-20,32H2,(H3-,33,34,35,38,39);2*1H/p+1/t25-,26-,31+,36?;;/m1../s1. The average Bonchev–Trinajstić information content (AvgIpc) is 3.64. The number of hydrogen-bond acceptors (Lipinski definition) is 5. The molecule has 2 saturated carbocycles. The predicted molar refractivity (Wildman–Crippen MR) is 166 cm³/mol. The first kappa shape index (κ1) is 33.5. The number of primary amides is 1. The summed E-state index contributed by atoms with van der Waals surface area (Å²) in [4.78, 5) is 43.0. The summed E-state index contributed by atoms with van der Waals surface area (Å²) in [7, 11) is 0. The Balaban J connectivity index is 0.00000242. The molecule has 0 bridgehead atoms. The number of quaternary nitrogens is 1. The van der Waals surface area contributed by atoms with Crippen LogP contribution in [0.3, 0.4) is 0 Å². The second-order valence-corrected chi connectivity index (χ2v) is 11.7. The fourth-order valence-electron chi connectivity index (χ4n) is 7.08. The van der Waals surface area contributed by atoms with E-state index in [1.54, 1.807) is 12.1 Å². The van der Waals surface area contributed by atoms with Gasteiger partial charge < -0.3 is 21.9 Å². The van der Waals surface area contributed by atoms with Gasteiger partial charge in [0.1, 0.15) is 25.0 Å². The van der Waals surface area contributed by atoms with Crippen LogP contribution in [-0.4, -0.2) is 46.4 Å². The van der Waals surface area contributed by atoms with Crippen LogP contribution in [0.25, 0.3) is 0 Å². The highest BCUT2D eigenvalue weighted by Crippen LogP contribution is 2.61. The van der Waals surface area contributed by atoms with Gasteiger partial charge in [0, 0.05) is 29.9 Å². The molecule has 3 amide bonds. The molecule has 1 heterocycles. The van der Waals surface area contributed by atoms with Crippen molar-refractivity contribution in [1.29, 1.82) is 0 Å². The summed E-state index contributed by atoms with van der Waals surface area (Å²) in [5, 5.41) is 0. The van der Waals surface area contributed by atoms with Gasteiger partial charge in [-0.05, 0) is 17.9 Å². The summed E-state index contributed by atoms with van der Waals surface area (Å²) >= 11 is 0. The molecule has 0 spiro atoms. The highest BCUT2D eigenvalue weighted by Gasteiger charge is 2.79. The van der Waals surface area contributed by atoms with E-state index in [9.17, 15) is 14.4 Å². The number of hydrogen-bond donors (Lipinski definition) is 3. The molecule has 9 nitrogen and oxygen atoms in total. The van der Waals surface area contributed by atoms with Crippen LogP contribution in [0, 0.1) is 11.8 Å². The molecule has 3 aliphatic rings. The molecule has 1 saturated heterocycles. The van der Waals surface area contributed by atoms with Crippen molar-refractivity contribution >= 4 is 48.6 Å². The SMILES string of the molecule is Cl.Cl.NC(=O)[C@]12C[C@H]1CC[N+]2(Cc1ccc(C(N)=NC(=O)OCc2ccccc2)cc1)C(=O)[C@H](N)CC1CCCCC1. The van der Waals surface area contributed by atoms with Crippen molar-refractivity contribution in [1.82, 2.24) is 0 Å². The number of amidine groups is 1. The lowest BCUT2D eigenvalue weighted by Crippen LogP contribution is -2.67. The Kier molecular flexibility index (Phi) is 11.2. The van der Waals surface area contributed by atoms with Crippen LogP contribution >= 0.6 is 24.8 Å². The highest BCUT2D eigenvalue weighted by atomic mass is 35.5. The Morgan fingerprint density at radius 2 is 1.60 bits per heavy atom. The van der Waals surface area contributed by atoms with Crippen molar-refractivity contribution in [3.63, 3.8) is 0 Å². The van der Waals surface area contributed by atoms with Gasteiger partial charge in [0.15, 0.2) is 5.54 Å². The number of halogens is 2. The molecule has 1 aliphatic heterocycles. The number of aliphatic imine (C=N–C) groups is 1. The number of piperidine rings is 1. The fraction of sp³-hybridized carbons (Fsp3) is 0.484. The van der Waals surface area contributed by atoms with Gasteiger partial charge in [-0.1, -0.05) is 86.7 Å². The molecule has 2 aliphatic carbocycles. The number of nitrogens with two attached hydrogens (primary N) is 3. The van der Waals surface area contributed by atoms with Gasteiger partial charge in [0.05, 0.1) is 6.54 Å². The number of rotatable bonds is 9. The molecular formula is C31H42Cl2N5O4+. The smallest absolute Gasteiger partial charge is 0.435 e. The molecule has 3 fully saturated rings. The van der Waals surface area contributed by atoms with Crippen LogP contribution in [0.1, 0.15) is 68.1 Å². The molecular weight excluding hydrogens is 577 g/mol. The minimum absolute atomic E-state index is 0. The third-order valence-corrected chi connectivity index (χ3v) is 9.29. The number of carbonyl (C=O) groups excluding carboxylic acids is 3. The topological polar surface area (TPSA) is 151 Å². The quantitative estimate of drug-likeness (QED) is 0.216. The number of carbonyl (C=O) groups is 3. The summed E-state index contributed by atoms with van der Waals surface area (Å²) in [6.45, 7) is 1.01. The summed E-state index contributed by atoms with van der Waals surface area (Å²) in [6.07, 6.45) is 7.12. The van der Waals surface area contributed by atoms with Gasteiger partial charge in [-0.15, -0.1) is 24.8 Å². The summed E-state index contributed by atoms with van der Waals surface area (Å²) in [5.41, 5.74) is 20.1. The second-order valence-electron chi connectivity index (χ2n) is 11.7. The molecule has 0 aromatic heterocycles. The number of nitrogens with zero attached hydrogens (tertiary/aromatic N) is 2. The lowest BCUT2D eigenvalue weighted by Gasteiger charge is -2.41. The minimum Gasteiger partial charge on any atom is -0.443 e. The Morgan fingerprint density at radius 1 is 0.929 bits per heavy atom. The predicted octanol–water partition coefficient (Wildman–Crippen LogP) is 4.36. The Morgan fingerprint density at radius 3 is 2.21 bits per heavy atom. The van der Waals surface area contributed by atoms with Crippen molar-refractivity contribution in [2.45, 2.75) is 76.1 Å². The Labute approximate surface area is 259 Å². The van der Waals surface area contributed by atoms with Crippen LogP contribution in [-0.2, 0) is 27.5 Å². The molecule has 1 unspecified atom stereocenters. The third-order valence-electron chi connectivity index (χ3n) is 9.29. The van der Waals surface area contributed by atoms with E-state index < -0.39 is 23.6 Å². The van der Waals surface area contributed by atoms with Crippen molar-refractivity contribution in [3.05, 3.63) is 71.3 Å². The number of ether oxygens (including phenoxy) is 1. The number of benzene rings is 2. The zero-order valence-corrected chi connectivity index (χ0v) is 25.4. The van der Waals surface area contributed by atoms with Gasteiger partial charge in [-0.2, -0.15) is 4.99 Å². The zero-order valence-electron chi connectivity index (χ0n) is 23.8. The first-order chi connectivity index (χ1) is 19.2. The van der Waals surface area contributed by atoms with Gasteiger partial charge in [0.25, 0.3) is 5.91 Å². The van der Waals surface area contributed by atoms with Gasteiger partial charge >= 0.3 is 12.0 Å². The van der Waals surface area contributed by atoms with E-state index in [1.165, 1.54) is 19.3 Å². The normalized spacial score (nSPS) is 25.7.